The summed E-state index contributed by atoms with van der Waals surface area (Å²) < 4.78 is 6.79. The summed E-state index contributed by atoms with van der Waals surface area (Å²) in [4.78, 5) is 18.1. The Morgan fingerprint density at radius 3 is 2.85 bits per heavy atom. The summed E-state index contributed by atoms with van der Waals surface area (Å²) in [5, 5.41) is 29.1. The van der Waals surface area contributed by atoms with Crippen molar-refractivity contribution in [2.24, 2.45) is 0 Å². The Labute approximate surface area is 112 Å². The fourth-order valence-electron chi connectivity index (χ4n) is 2.38. The van der Waals surface area contributed by atoms with Crippen molar-refractivity contribution >= 4 is 17.0 Å². The van der Waals surface area contributed by atoms with E-state index in [1.165, 1.54) is 16.8 Å². The second-order valence-electron chi connectivity index (χ2n) is 4.64. The molecule has 1 unspecified atom stereocenters. The summed E-state index contributed by atoms with van der Waals surface area (Å²) in [6, 6.07) is 1.51. The fraction of sp³-hybridized carbons (Fsp3) is 0.455. The van der Waals surface area contributed by atoms with Gasteiger partial charge in [0.05, 0.1) is 12.0 Å². The zero-order valence-electron chi connectivity index (χ0n) is 10.3. The lowest BCUT2D eigenvalue weighted by molar-refractivity contribution is -0.0508. The SMILES string of the molecule is Nc1nc2c(ccn2[C@@H]2O[C@H](CO)C(O)[C@@H]2O)c(=O)[nH]1. The minimum absolute atomic E-state index is 0.0609. The van der Waals surface area contributed by atoms with Crippen molar-refractivity contribution in [3.63, 3.8) is 0 Å². The molecule has 0 aromatic carbocycles. The van der Waals surface area contributed by atoms with E-state index in [-0.39, 0.29) is 17.0 Å². The Bertz CT molecular complexity index is 696. The number of nitrogens with zero attached hydrogens (tertiary/aromatic N) is 2. The number of fused-ring (bicyclic) bond motifs is 1. The van der Waals surface area contributed by atoms with Gasteiger partial charge in [-0.15, -0.1) is 0 Å². The molecule has 6 N–H and O–H groups in total. The molecule has 2 aromatic rings. The largest absolute Gasteiger partial charge is 0.394 e. The lowest BCUT2D eigenvalue weighted by atomic mass is 10.1. The molecule has 0 radical (unpaired) electrons. The van der Waals surface area contributed by atoms with Gasteiger partial charge in [0.1, 0.15) is 18.3 Å². The number of anilines is 1. The van der Waals surface area contributed by atoms with Gasteiger partial charge in [0.15, 0.2) is 11.9 Å². The second-order valence-corrected chi connectivity index (χ2v) is 4.64. The van der Waals surface area contributed by atoms with Crippen molar-refractivity contribution in [3.8, 4) is 0 Å². The Hall–Kier alpha value is -1.94. The lowest BCUT2D eigenvalue weighted by Crippen LogP contribution is -2.33. The number of aliphatic hydroxyl groups excluding tert-OH is 3. The fourth-order valence-corrected chi connectivity index (χ4v) is 2.38. The highest BCUT2D eigenvalue weighted by atomic mass is 16.6. The van der Waals surface area contributed by atoms with Gasteiger partial charge >= 0.3 is 0 Å². The van der Waals surface area contributed by atoms with Crippen molar-refractivity contribution in [2.75, 3.05) is 12.3 Å². The third-order valence-electron chi connectivity index (χ3n) is 3.39. The number of aromatic nitrogens is 3. The first-order valence-corrected chi connectivity index (χ1v) is 6.01. The number of aromatic amines is 1. The van der Waals surface area contributed by atoms with Gasteiger partial charge in [-0.3, -0.25) is 9.78 Å². The molecule has 0 saturated carbocycles. The maximum absolute atomic E-state index is 11.7. The highest BCUT2D eigenvalue weighted by Gasteiger charge is 2.43. The number of hydrogen-bond acceptors (Lipinski definition) is 7. The quantitative estimate of drug-likeness (QED) is 0.424. The van der Waals surface area contributed by atoms with E-state index in [9.17, 15) is 15.0 Å². The topological polar surface area (TPSA) is 147 Å². The Kier molecular flexibility index (Phi) is 2.98. The standard InChI is InChI=1S/C11H14N4O5/c12-11-13-8-4(9(19)14-11)1-2-15(8)10-7(18)6(17)5(3-16)20-10/h1-2,5-7,10,16-18H,3H2,(H3,12,13,14,19)/t5-,6?,7+,10-/m1/s1. The van der Waals surface area contributed by atoms with Gasteiger partial charge < -0.3 is 30.4 Å². The zero-order valence-corrected chi connectivity index (χ0v) is 10.3. The molecule has 3 rings (SSSR count). The number of rotatable bonds is 2. The minimum atomic E-state index is -1.25. The van der Waals surface area contributed by atoms with Gasteiger partial charge in [-0.25, -0.2) is 0 Å². The van der Waals surface area contributed by atoms with E-state index in [4.69, 9.17) is 15.6 Å². The molecule has 4 atom stereocenters. The van der Waals surface area contributed by atoms with E-state index in [0.717, 1.165) is 0 Å². The maximum atomic E-state index is 11.7. The number of H-pyrrole nitrogens is 1. The lowest BCUT2D eigenvalue weighted by Gasteiger charge is -2.17. The molecule has 0 spiro atoms. The van der Waals surface area contributed by atoms with Crippen LogP contribution in [0.4, 0.5) is 5.95 Å². The van der Waals surface area contributed by atoms with Gasteiger partial charge in [-0.1, -0.05) is 0 Å². The maximum Gasteiger partial charge on any atom is 0.261 e. The summed E-state index contributed by atoms with van der Waals surface area (Å²) in [5.41, 5.74) is 5.33. The summed E-state index contributed by atoms with van der Waals surface area (Å²) >= 11 is 0. The van der Waals surface area contributed by atoms with Gasteiger partial charge in [0, 0.05) is 6.20 Å². The highest BCUT2D eigenvalue weighted by molar-refractivity contribution is 5.76. The molecule has 0 bridgehead atoms. The van der Waals surface area contributed by atoms with Crippen molar-refractivity contribution in [2.45, 2.75) is 24.5 Å². The number of aliphatic hydroxyl groups is 3. The van der Waals surface area contributed by atoms with Crippen molar-refractivity contribution in [1.29, 1.82) is 0 Å². The molecule has 9 heteroatoms. The van der Waals surface area contributed by atoms with E-state index >= 15 is 0 Å². The Balaban J connectivity index is 2.09. The molecule has 108 valence electrons. The van der Waals surface area contributed by atoms with Crippen LogP contribution in [0.5, 0.6) is 0 Å². The number of hydrogen-bond donors (Lipinski definition) is 5. The summed E-state index contributed by atoms with van der Waals surface area (Å²) in [6.07, 6.45) is -2.81. The Morgan fingerprint density at radius 2 is 2.20 bits per heavy atom. The molecule has 0 aliphatic carbocycles. The van der Waals surface area contributed by atoms with Crippen LogP contribution in [0.3, 0.4) is 0 Å². The molecule has 20 heavy (non-hydrogen) atoms. The van der Waals surface area contributed by atoms with Crippen LogP contribution in [-0.2, 0) is 4.74 Å². The van der Waals surface area contributed by atoms with E-state index in [1.54, 1.807) is 0 Å². The Morgan fingerprint density at radius 1 is 1.45 bits per heavy atom. The van der Waals surface area contributed by atoms with Crippen LogP contribution in [-0.4, -0.2) is 54.8 Å². The van der Waals surface area contributed by atoms with Gasteiger partial charge in [-0.05, 0) is 6.07 Å². The average Bonchev–Trinajstić information content (AvgIpc) is 2.93. The predicted octanol–water partition coefficient (Wildman–Crippen LogP) is -2.08. The van der Waals surface area contributed by atoms with Crippen molar-refractivity contribution in [1.82, 2.24) is 14.5 Å². The molecule has 9 nitrogen and oxygen atoms in total. The van der Waals surface area contributed by atoms with Crippen LogP contribution in [0.2, 0.25) is 0 Å². The molecular weight excluding hydrogens is 268 g/mol. The monoisotopic (exact) mass is 282 g/mol. The molecule has 1 aliphatic rings. The number of ether oxygens (including phenoxy) is 1. The van der Waals surface area contributed by atoms with E-state index in [1.807, 2.05) is 0 Å². The van der Waals surface area contributed by atoms with Gasteiger partial charge in [-0.2, -0.15) is 4.98 Å². The average molecular weight is 282 g/mol. The summed E-state index contributed by atoms with van der Waals surface area (Å²) in [5.74, 6) is -0.0609. The van der Waals surface area contributed by atoms with Crippen LogP contribution >= 0.6 is 0 Å². The highest BCUT2D eigenvalue weighted by Crippen LogP contribution is 2.31. The number of nitrogen functional groups attached to an aromatic ring is 1. The van der Waals surface area contributed by atoms with Crippen LogP contribution < -0.4 is 11.3 Å². The normalized spacial score (nSPS) is 30.1. The summed E-state index contributed by atoms with van der Waals surface area (Å²) in [6.45, 7) is -0.427. The van der Waals surface area contributed by atoms with Gasteiger partial charge in [0.25, 0.3) is 5.56 Å². The first-order valence-electron chi connectivity index (χ1n) is 6.01. The zero-order chi connectivity index (χ0) is 14.4. The predicted molar refractivity (Wildman–Crippen MR) is 67.8 cm³/mol. The number of nitrogens with one attached hydrogen (secondary N) is 1. The van der Waals surface area contributed by atoms with Gasteiger partial charge in [0.2, 0.25) is 5.95 Å². The summed E-state index contributed by atoms with van der Waals surface area (Å²) in [7, 11) is 0. The number of nitrogens with two attached hydrogens (primary N) is 1. The van der Waals surface area contributed by atoms with E-state index in [2.05, 4.69) is 9.97 Å². The molecule has 0 amide bonds. The third kappa shape index (κ3) is 1.79. The molecular formula is C11H14N4O5. The van der Waals surface area contributed by atoms with Crippen LogP contribution in [0.1, 0.15) is 6.23 Å². The van der Waals surface area contributed by atoms with Crippen LogP contribution in [0.25, 0.3) is 11.0 Å². The first kappa shape index (κ1) is 13.1. The van der Waals surface area contributed by atoms with Crippen LogP contribution in [0.15, 0.2) is 17.1 Å². The molecule has 3 heterocycles. The second kappa shape index (κ2) is 4.56. The first-order chi connectivity index (χ1) is 9.52. The van der Waals surface area contributed by atoms with Crippen molar-refractivity contribution in [3.05, 3.63) is 22.6 Å². The van der Waals surface area contributed by atoms with Crippen molar-refractivity contribution < 1.29 is 20.1 Å². The van der Waals surface area contributed by atoms with E-state index in [0.29, 0.717) is 0 Å². The van der Waals surface area contributed by atoms with Crippen LogP contribution in [0, 0.1) is 0 Å². The smallest absolute Gasteiger partial charge is 0.261 e. The molecule has 1 saturated heterocycles. The molecule has 1 aliphatic heterocycles. The minimum Gasteiger partial charge on any atom is -0.394 e. The third-order valence-corrected chi connectivity index (χ3v) is 3.39. The van der Waals surface area contributed by atoms with E-state index < -0.39 is 36.7 Å². The molecule has 2 aromatic heterocycles. The molecule has 1 fully saturated rings.